The van der Waals surface area contributed by atoms with Gasteiger partial charge in [-0.15, -0.1) is 0 Å². The minimum atomic E-state index is 0.0199. The van der Waals surface area contributed by atoms with Crippen LogP contribution in [0.2, 0.25) is 5.02 Å². The fourth-order valence-corrected chi connectivity index (χ4v) is 3.34. The number of halogens is 1. The minimum absolute atomic E-state index is 0.0199. The molecule has 1 saturated heterocycles. The van der Waals surface area contributed by atoms with Crippen molar-refractivity contribution < 1.29 is 9.47 Å². The summed E-state index contributed by atoms with van der Waals surface area (Å²) in [5, 5.41) is 7.62. The molecule has 1 aromatic carbocycles. The van der Waals surface area contributed by atoms with Gasteiger partial charge in [0, 0.05) is 57.0 Å². The van der Waals surface area contributed by atoms with Crippen LogP contribution in [0.5, 0.6) is 0 Å². The summed E-state index contributed by atoms with van der Waals surface area (Å²) in [5.74, 6) is 0.824. The molecule has 1 heterocycles. The van der Waals surface area contributed by atoms with Crippen molar-refractivity contribution in [3.63, 3.8) is 0 Å². The second kappa shape index (κ2) is 10.6. The van der Waals surface area contributed by atoms with Crippen molar-refractivity contribution in [2.45, 2.75) is 31.6 Å². The number of ether oxygens (including phenoxy) is 2. The number of nitrogens with zero attached hydrogens (tertiary/aromatic N) is 1. The first kappa shape index (κ1) is 20.0. The van der Waals surface area contributed by atoms with Crippen LogP contribution in [-0.2, 0) is 14.9 Å². The highest BCUT2D eigenvalue weighted by Gasteiger charge is 2.34. The Hall–Kier alpha value is -1.30. The summed E-state index contributed by atoms with van der Waals surface area (Å²) >= 11 is 6.23. The molecule has 5 nitrogen and oxygen atoms in total. The normalized spacial score (nSPS) is 17.3. The summed E-state index contributed by atoms with van der Waals surface area (Å²) in [6.45, 7) is 6.73. The molecule has 0 bridgehead atoms. The Morgan fingerprint density at radius 2 is 2.12 bits per heavy atom. The van der Waals surface area contributed by atoms with Crippen LogP contribution < -0.4 is 10.6 Å². The summed E-state index contributed by atoms with van der Waals surface area (Å²) < 4.78 is 11.0. The Labute approximate surface area is 156 Å². The van der Waals surface area contributed by atoms with Crippen LogP contribution in [0.25, 0.3) is 0 Å². The fourth-order valence-electron chi connectivity index (χ4n) is 3.15. The van der Waals surface area contributed by atoms with Crippen molar-refractivity contribution in [1.82, 2.24) is 10.6 Å². The third kappa shape index (κ3) is 6.17. The monoisotopic (exact) mass is 367 g/mol. The lowest BCUT2D eigenvalue weighted by molar-refractivity contribution is 0.0514. The first-order valence-electron chi connectivity index (χ1n) is 9.06. The molecule has 0 spiro atoms. The number of hydrogen-bond donors (Lipinski definition) is 2. The minimum Gasteiger partial charge on any atom is -0.382 e. The third-order valence-corrected chi connectivity index (χ3v) is 4.90. The molecule has 1 fully saturated rings. The van der Waals surface area contributed by atoms with Gasteiger partial charge in [-0.2, -0.15) is 0 Å². The molecule has 0 unspecified atom stereocenters. The molecule has 0 radical (unpaired) electrons. The van der Waals surface area contributed by atoms with Crippen molar-refractivity contribution in [2.75, 3.05) is 46.6 Å². The predicted octanol–water partition coefficient (Wildman–Crippen LogP) is 2.98. The van der Waals surface area contributed by atoms with Gasteiger partial charge >= 0.3 is 0 Å². The molecule has 2 N–H and O–H groups in total. The Bertz CT molecular complexity index is 545. The van der Waals surface area contributed by atoms with Gasteiger partial charge in [-0.25, -0.2) is 0 Å². The van der Waals surface area contributed by atoms with Gasteiger partial charge in [0.1, 0.15) is 0 Å². The number of rotatable bonds is 8. The number of guanidine groups is 1. The Balaban J connectivity index is 1.95. The van der Waals surface area contributed by atoms with Gasteiger partial charge in [0.25, 0.3) is 0 Å². The molecule has 1 aromatic rings. The van der Waals surface area contributed by atoms with Gasteiger partial charge in [0.2, 0.25) is 0 Å². The van der Waals surface area contributed by atoms with Crippen molar-refractivity contribution in [3.05, 3.63) is 34.9 Å². The number of aliphatic imine (C=N–C) groups is 1. The summed E-state index contributed by atoms with van der Waals surface area (Å²) in [6, 6.07) is 8.18. The first-order chi connectivity index (χ1) is 12.2. The van der Waals surface area contributed by atoms with Crippen LogP contribution in [0.4, 0.5) is 0 Å². The smallest absolute Gasteiger partial charge is 0.191 e. The van der Waals surface area contributed by atoms with Crippen LogP contribution >= 0.6 is 11.6 Å². The van der Waals surface area contributed by atoms with E-state index in [1.807, 2.05) is 19.1 Å². The van der Waals surface area contributed by atoms with Gasteiger partial charge in [0.15, 0.2) is 5.96 Å². The second-order valence-electron chi connectivity index (χ2n) is 6.31. The highest BCUT2D eigenvalue weighted by atomic mass is 35.5. The molecule has 0 atom stereocenters. The van der Waals surface area contributed by atoms with Crippen molar-refractivity contribution in [1.29, 1.82) is 0 Å². The molecular formula is C19H30ClN3O2. The van der Waals surface area contributed by atoms with Crippen molar-refractivity contribution >= 4 is 17.6 Å². The van der Waals surface area contributed by atoms with E-state index in [9.17, 15) is 0 Å². The van der Waals surface area contributed by atoms with Crippen LogP contribution in [0.3, 0.4) is 0 Å². The summed E-state index contributed by atoms with van der Waals surface area (Å²) in [4.78, 5) is 4.33. The Kier molecular flexibility index (Phi) is 8.52. The lowest BCUT2D eigenvalue weighted by Gasteiger charge is -2.38. The number of nitrogens with one attached hydrogen (secondary N) is 2. The zero-order chi connectivity index (χ0) is 18.0. The quantitative estimate of drug-likeness (QED) is 0.421. The van der Waals surface area contributed by atoms with Gasteiger partial charge in [-0.1, -0.05) is 23.7 Å². The second-order valence-corrected chi connectivity index (χ2v) is 6.74. The molecule has 1 aliphatic rings. The number of hydrogen-bond acceptors (Lipinski definition) is 3. The van der Waals surface area contributed by atoms with E-state index < -0.39 is 0 Å². The van der Waals surface area contributed by atoms with Crippen LogP contribution in [-0.4, -0.2) is 52.5 Å². The lowest BCUT2D eigenvalue weighted by atomic mass is 9.74. The topological polar surface area (TPSA) is 54.9 Å². The Morgan fingerprint density at radius 3 is 2.80 bits per heavy atom. The third-order valence-electron chi connectivity index (χ3n) is 4.67. The molecular weight excluding hydrogens is 338 g/mol. The number of benzene rings is 1. The van der Waals surface area contributed by atoms with Gasteiger partial charge in [-0.05, 0) is 43.9 Å². The molecule has 0 aromatic heterocycles. The highest BCUT2D eigenvalue weighted by molar-refractivity contribution is 6.30. The summed E-state index contributed by atoms with van der Waals surface area (Å²) in [5.41, 5.74) is 1.29. The standard InChI is InChI=1S/C19H30ClN3O2/c1-3-24-11-5-10-22-18(21-2)23-15-19(8-12-25-13-9-19)16-6-4-7-17(20)14-16/h4,6-7,14H,3,5,8-13,15H2,1-2H3,(H2,21,22,23). The van der Waals surface area contributed by atoms with E-state index in [-0.39, 0.29) is 5.41 Å². The zero-order valence-electron chi connectivity index (χ0n) is 15.3. The van der Waals surface area contributed by atoms with Crippen molar-refractivity contribution in [2.24, 2.45) is 4.99 Å². The average molecular weight is 368 g/mol. The summed E-state index contributed by atoms with van der Waals surface area (Å²) in [6.07, 6.45) is 2.91. The Morgan fingerprint density at radius 1 is 1.32 bits per heavy atom. The maximum atomic E-state index is 6.23. The van der Waals surface area contributed by atoms with Gasteiger partial charge < -0.3 is 20.1 Å². The van der Waals surface area contributed by atoms with E-state index in [1.165, 1.54) is 5.56 Å². The van der Waals surface area contributed by atoms with E-state index in [4.69, 9.17) is 21.1 Å². The maximum Gasteiger partial charge on any atom is 0.191 e. The molecule has 2 rings (SSSR count). The van der Waals surface area contributed by atoms with Gasteiger partial charge in [-0.3, -0.25) is 4.99 Å². The molecule has 25 heavy (non-hydrogen) atoms. The van der Waals surface area contributed by atoms with Crippen LogP contribution in [0.1, 0.15) is 31.7 Å². The molecule has 6 heteroatoms. The first-order valence-corrected chi connectivity index (χ1v) is 9.44. The zero-order valence-corrected chi connectivity index (χ0v) is 16.1. The molecule has 140 valence electrons. The van der Waals surface area contributed by atoms with E-state index in [1.54, 1.807) is 7.05 Å². The largest absolute Gasteiger partial charge is 0.382 e. The van der Waals surface area contributed by atoms with Crippen molar-refractivity contribution in [3.8, 4) is 0 Å². The molecule has 0 amide bonds. The fraction of sp³-hybridized carbons (Fsp3) is 0.632. The highest BCUT2D eigenvalue weighted by Crippen LogP contribution is 2.35. The lowest BCUT2D eigenvalue weighted by Crippen LogP contribution is -2.48. The van der Waals surface area contributed by atoms with E-state index in [0.29, 0.717) is 0 Å². The molecule has 0 aliphatic carbocycles. The predicted molar refractivity (Wildman–Crippen MR) is 104 cm³/mol. The van der Waals surface area contributed by atoms with E-state index >= 15 is 0 Å². The molecule has 0 saturated carbocycles. The van der Waals surface area contributed by atoms with Gasteiger partial charge in [0.05, 0.1) is 0 Å². The van der Waals surface area contributed by atoms with E-state index in [0.717, 1.165) is 69.8 Å². The van der Waals surface area contributed by atoms with Crippen LogP contribution in [0, 0.1) is 0 Å². The molecule has 1 aliphatic heterocycles. The SMILES string of the molecule is CCOCCCNC(=NC)NCC1(c2cccc(Cl)c2)CCOCC1. The van der Waals surface area contributed by atoms with Crippen LogP contribution in [0.15, 0.2) is 29.3 Å². The maximum absolute atomic E-state index is 6.23. The average Bonchev–Trinajstić information content (AvgIpc) is 2.65. The van der Waals surface area contributed by atoms with E-state index in [2.05, 4.69) is 27.8 Å². The summed E-state index contributed by atoms with van der Waals surface area (Å²) in [7, 11) is 1.80.